The van der Waals surface area contributed by atoms with E-state index in [1.807, 2.05) is 24.3 Å². The second-order valence-electron chi connectivity index (χ2n) is 8.27. The highest BCUT2D eigenvalue weighted by Crippen LogP contribution is 2.19. The Labute approximate surface area is 187 Å². The van der Waals surface area contributed by atoms with Gasteiger partial charge in [0.05, 0.1) is 17.6 Å². The van der Waals surface area contributed by atoms with Crippen molar-refractivity contribution in [1.82, 2.24) is 14.9 Å². The molecule has 6 heteroatoms. The molecule has 0 fully saturated rings. The van der Waals surface area contributed by atoms with Crippen LogP contribution in [0.15, 0.2) is 65.0 Å². The SMILES string of the molecule is O=C(CCc1nc2ccccc2n(Cc2ccc(F)cc2)c1=O)NCCC1=CCCCC1. The average molecular weight is 434 g/mol. The summed E-state index contributed by atoms with van der Waals surface area (Å²) in [5, 5.41) is 2.96. The number of carbonyl (C=O) groups excluding carboxylic acids is 1. The molecule has 1 aromatic heterocycles. The standard InChI is InChI=1S/C26H28FN3O2/c27-21-12-10-20(11-13-21)18-30-24-9-5-4-8-22(24)29-23(26(30)32)14-15-25(31)28-17-16-19-6-2-1-3-7-19/h4-6,8-13H,1-3,7,14-18H2,(H,28,31). The normalized spacial score (nSPS) is 13.7. The molecule has 0 atom stereocenters. The zero-order chi connectivity index (χ0) is 22.3. The number of benzene rings is 2. The van der Waals surface area contributed by atoms with E-state index in [0.717, 1.165) is 30.3 Å². The fraction of sp³-hybridized carbons (Fsp3) is 0.346. The van der Waals surface area contributed by atoms with E-state index in [1.54, 1.807) is 16.7 Å². The Morgan fingerprint density at radius 2 is 1.88 bits per heavy atom. The number of aryl methyl sites for hydroxylation is 1. The molecule has 1 aliphatic rings. The first-order valence-corrected chi connectivity index (χ1v) is 11.3. The fourth-order valence-electron chi connectivity index (χ4n) is 4.15. The molecule has 3 aromatic rings. The summed E-state index contributed by atoms with van der Waals surface area (Å²) in [6.45, 7) is 0.946. The zero-order valence-corrected chi connectivity index (χ0v) is 18.1. The van der Waals surface area contributed by atoms with Crippen molar-refractivity contribution in [3.63, 3.8) is 0 Å². The maximum absolute atomic E-state index is 13.3. The van der Waals surface area contributed by atoms with E-state index in [9.17, 15) is 14.0 Å². The molecule has 0 bridgehead atoms. The molecule has 166 valence electrons. The summed E-state index contributed by atoms with van der Waals surface area (Å²) < 4.78 is 14.9. The van der Waals surface area contributed by atoms with Crippen molar-refractivity contribution in [3.05, 3.63) is 87.6 Å². The third kappa shape index (κ3) is 5.49. The second-order valence-corrected chi connectivity index (χ2v) is 8.27. The predicted molar refractivity (Wildman–Crippen MR) is 124 cm³/mol. The predicted octanol–water partition coefficient (Wildman–Crippen LogP) is 4.52. The van der Waals surface area contributed by atoms with Crippen molar-refractivity contribution < 1.29 is 9.18 Å². The molecule has 0 saturated carbocycles. The number of aromatic nitrogens is 2. The van der Waals surface area contributed by atoms with E-state index in [2.05, 4.69) is 16.4 Å². The maximum Gasteiger partial charge on any atom is 0.273 e. The number of fused-ring (bicyclic) bond motifs is 1. The largest absolute Gasteiger partial charge is 0.356 e. The van der Waals surface area contributed by atoms with Crippen LogP contribution in [0.3, 0.4) is 0 Å². The Balaban J connectivity index is 1.45. The van der Waals surface area contributed by atoms with E-state index in [1.165, 1.54) is 30.5 Å². The van der Waals surface area contributed by atoms with Crippen molar-refractivity contribution in [3.8, 4) is 0 Å². The van der Waals surface area contributed by atoms with Crippen LogP contribution >= 0.6 is 0 Å². The van der Waals surface area contributed by atoms with Crippen molar-refractivity contribution in [2.45, 2.75) is 51.5 Å². The summed E-state index contributed by atoms with van der Waals surface area (Å²) in [7, 11) is 0. The number of para-hydroxylation sites is 2. The minimum absolute atomic E-state index is 0.0687. The Hall–Kier alpha value is -3.28. The van der Waals surface area contributed by atoms with Gasteiger partial charge in [-0.3, -0.25) is 9.59 Å². The molecule has 1 aliphatic carbocycles. The van der Waals surface area contributed by atoms with Gasteiger partial charge in [0, 0.05) is 19.4 Å². The summed E-state index contributed by atoms with van der Waals surface area (Å²) in [5.41, 5.74) is 3.83. The molecule has 0 unspecified atom stereocenters. The minimum Gasteiger partial charge on any atom is -0.356 e. The van der Waals surface area contributed by atoms with Gasteiger partial charge in [0.15, 0.2) is 0 Å². The van der Waals surface area contributed by atoms with Crippen LogP contribution in [0.4, 0.5) is 4.39 Å². The van der Waals surface area contributed by atoms with Gasteiger partial charge in [-0.1, -0.05) is 35.9 Å². The first-order valence-electron chi connectivity index (χ1n) is 11.3. The lowest BCUT2D eigenvalue weighted by atomic mass is 9.97. The Kier molecular flexibility index (Phi) is 7.10. The van der Waals surface area contributed by atoms with Crippen LogP contribution in [0.2, 0.25) is 0 Å². The lowest BCUT2D eigenvalue weighted by molar-refractivity contribution is -0.121. The van der Waals surface area contributed by atoms with Crippen LogP contribution in [-0.2, 0) is 17.8 Å². The van der Waals surface area contributed by atoms with E-state index in [0.29, 0.717) is 24.3 Å². The summed E-state index contributed by atoms with van der Waals surface area (Å²) in [4.78, 5) is 30.0. The topological polar surface area (TPSA) is 64.0 Å². The van der Waals surface area contributed by atoms with Crippen LogP contribution in [0.1, 0.15) is 49.8 Å². The maximum atomic E-state index is 13.3. The van der Waals surface area contributed by atoms with Gasteiger partial charge in [-0.2, -0.15) is 0 Å². The molecule has 1 N–H and O–H groups in total. The van der Waals surface area contributed by atoms with Crippen LogP contribution in [-0.4, -0.2) is 22.0 Å². The van der Waals surface area contributed by atoms with Crippen LogP contribution in [0.25, 0.3) is 11.0 Å². The summed E-state index contributed by atoms with van der Waals surface area (Å²) >= 11 is 0. The first-order chi connectivity index (χ1) is 15.6. The monoisotopic (exact) mass is 433 g/mol. The molecule has 0 radical (unpaired) electrons. The van der Waals surface area contributed by atoms with E-state index < -0.39 is 0 Å². The van der Waals surface area contributed by atoms with Crippen LogP contribution in [0, 0.1) is 5.82 Å². The van der Waals surface area contributed by atoms with Gasteiger partial charge >= 0.3 is 0 Å². The van der Waals surface area contributed by atoms with Crippen molar-refractivity contribution in [2.75, 3.05) is 6.54 Å². The molecule has 32 heavy (non-hydrogen) atoms. The number of carbonyl (C=O) groups is 1. The lowest BCUT2D eigenvalue weighted by Crippen LogP contribution is -2.29. The third-order valence-corrected chi connectivity index (χ3v) is 5.92. The second kappa shape index (κ2) is 10.4. The smallest absolute Gasteiger partial charge is 0.273 e. The summed E-state index contributed by atoms with van der Waals surface area (Å²) in [6, 6.07) is 13.6. The number of nitrogens with one attached hydrogen (secondary N) is 1. The minimum atomic E-state index is -0.313. The molecule has 0 saturated heterocycles. The van der Waals surface area contributed by atoms with Gasteiger partial charge in [-0.05, 0) is 61.9 Å². The van der Waals surface area contributed by atoms with Crippen molar-refractivity contribution in [2.24, 2.45) is 0 Å². The number of nitrogens with zero attached hydrogens (tertiary/aromatic N) is 2. The zero-order valence-electron chi connectivity index (χ0n) is 18.1. The molecule has 4 rings (SSSR count). The Bertz CT molecular complexity index is 1180. The van der Waals surface area contributed by atoms with E-state index in [4.69, 9.17) is 0 Å². The first kappa shape index (κ1) is 21.9. The summed E-state index contributed by atoms with van der Waals surface area (Å²) in [5.74, 6) is -0.381. The van der Waals surface area contributed by atoms with Gasteiger partial charge in [-0.15, -0.1) is 0 Å². The van der Waals surface area contributed by atoms with Crippen molar-refractivity contribution in [1.29, 1.82) is 0 Å². The number of allylic oxidation sites excluding steroid dienone is 1. The van der Waals surface area contributed by atoms with Gasteiger partial charge < -0.3 is 9.88 Å². The number of rotatable bonds is 8. The summed E-state index contributed by atoms with van der Waals surface area (Å²) in [6.07, 6.45) is 8.44. The highest BCUT2D eigenvalue weighted by Gasteiger charge is 2.13. The Morgan fingerprint density at radius 3 is 2.66 bits per heavy atom. The van der Waals surface area contributed by atoms with Gasteiger partial charge in [0.25, 0.3) is 5.56 Å². The van der Waals surface area contributed by atoms with Gasteiger partial charge in [-0.25, -0.2) is 9.37 Å². The number of halogens is 1. The van der Waals surface area contributed by atoms with E-state index in [-0.39, 0.29) is 30.1 Å². The van der Waals surface area contributed by atoms with Crippen molar-refractivity contribution >= 4 is 16.9 Å². The molecule has 1 amide bonds. The fourth-order valence-corrected chi connectivity index (χ4v) is 4.15. The molecule has 0 aliphatic heterocycles. The van der Waals surface area contributed by atoms with Gasteiger partial charge in [0.2, 0.25) is 5.91 Å². The molecular formula is C26H28FN3O2. The van der Waals surface area contributed by atoms with E-state index >= 15 is 0 Å². The quantitative estimate of drug-likeness (QED) is 0.531. The molecular weight excluding hydrogens is 405 g/mol. The highest BCUT2D eigenvalue weighted by molar-refractivity contribution is 5.77. The number of amides is 1. The van der Waals surface area contributed by atoms with Gasteiger partial charge in [0.1, 0.15) is 11.5 Å². The van der Waals surface area contributed by atoms with Crippen LogP contribution < -0.4 is 10.9 Å². The number of hydrogen-bond acceptors (Lipinski definition) is 3. The number of hydrogen-bond donors (Lipinski definition) is 1. The molecule has 1 heterocycles. The van der Waals surface area contributed by atoms with Crippen LogP contribution in [0.5, 0.6) is 0 Å². The molecule has 2 aromatic carbocycles. The molecule has 5 nitrogen and oxygen atoms in total. The third-order valence-electron chi connectivity index (χ3n) is 5.92. The highest BCUT2D eigenvalue weighted by atomic mass is 19.1. The lowest BCUT2D eigenvalue weighted by Gasteiger charge is -2.13. The average Bonchev–Trinajstić information content (AvgIpc) is 2.82. The Morgan fingerprint density at radius 1 is 1.06 bits per heavy atom. The molecule has 0 spiro atoms.